The summed E-state index contributed by atoms with van der Waals surface area (Å²) in [4.78, 5) is 0. The molecule has 0 saturated heterocycles. The normalized spacial score (nSPS) is 13.1. The van der Waals surface area contributed by atoms with Gasteiger partial charge >= 0.3 is 0 Å². The zero-order chi connectivity index (χ0) is 15.1. The molecule has 0 unspecified atom stereocenters. The maximum Gasteiger partial charge on any atom is 0.0266 e. The Kier molecular flexibility index (Phi) is 6.43. The molecule has 0 fully saturated rings. The van der Waals surface area contributed by atoms with Gasteiger partial charge in [0.2, 0.25) is 0 Å². The van der Waals surface area contributed by atoms with Gasteiger partial charge in [-0.15, -0.1) is 0 Å². The molecular formula is C18H26N2. The van der Waals surface area contributed by atoms with Gasteiger partial charge in [0.15, 0.2) is 0 Å². The minimum absolute atomic E-state index is 0.153. The molecule has 0 amide bonds. The van der Waals surface area contributed by atoms with Crippen molar-refractivity contribution in [1.82, 2.24) is 0 Å². The van der Waals surface area contributed by atoms with Crippen molar-refractivity contribution in [1.29, 1.82) is 0 Å². The summed E-state index contributed by atoms with van der Waals surface area (Å²) < 4.78 is 0. The number of hydrogen-bond donors (Lipinski definition) is 2. The van der Waals surface area contributed by atoms with Crippen molar-refractivity contribution >= 4 is 0 Å². The van der Waals surface area contributed by atoms with Crippen molar-refractivity contribution < 1.29 is 0 Å². The molecule has 0 aliphatic carbocycles. The van der Waals surface area contributed by atoms with Gasteiger partial charge in [-0.1, -0.05) is 59.7 Å². The van der Waals surface area contributed by atoms with Crippen molar-refractivity contribution in [2.45, 2.75) is 39.8 Å². The Morgan fingerprint density at radius 3 is 1.05 bits per heavy atom. The second-order valence-electron chi connectivity index (χ2n) is 5.40. The first-order valence-electron chi connectivity index (χ1n) is 7.04. The molecule has 0 aliphatic heterocycles. The van der Waals surface area contributed by atoms with Crippen molar-refractivity contribution in [3.8, 4) is 0 Å². The summed E-state index contributed by atoms with van der Waals surface area (Å²) in [5, 5.41) is 0. The maximum atomic E-state index is 5.66. The molecule has 0 spiro atoms. The predicted octanol–water partition coefficient (Wildman–Crippen LogP) is 4.03. The lowest BCUT2D eigenvalue weighted by Gasteiger charge is -2.03. The van der Waals surface area contributed by atoms with Crippen LogP contribution in [0.5, 0.6) is 0 Å². The SMILES string of the molecule is Cc1ccc([C@@H](C)N)cc1.Cc1ccc([C@H](C)N)cc1. The minimum atomic E-state index is 0.153. The van der Waals surface area contributed by atoms with Gasteiger partial charge in [-0.2, -0.15) is 0 Å². The zero-order valence-electron chi connectivity index (χ0n) is 12.9. The quantitative estimate of drug-likeness (QED) is 0.865. The van der Waals surface area contributed by atoms with Crippen LogP contribution < -0.4 is 11.5 Å². The second-order valence-corrected chi connectivity index (χ2v) is 5.40. The van der Waals surface area contributed by atoms with E-state index in [4.69, 9.17) is 11.5 Å². The highest BCUT2D eigenvalue weighted by atomic mass is 14.6. The van der Waals surface area contributed by atoms with Crippen LogP contribution >= 0.6 is 0 Å². The Morgan fingerprint density at radius 1 is 0.600 bits per heavy atom. The van der Waals surface area contributed by atoms with Gasteiger partial charge in [-0.05, 0) is 38.8 Å². The zero-order valence-corrected chi connectivity index (χ0v) is 12.9. The summed E-state index contributed by atoms with van der Waals surface area (Å²) in [5.74, 6) is 0. The molecule has 2 rings (SSSR count). The fourth-order valence-corrected chi connectivity index (χ4v) is 1.74. The Hall–Kier alpha value is -1.64. The Bertz CT molecular complexity index is 446. The highest BCUT2D eigenvalue weighted by Crippen LogP contribution is 2.10. The van der Waals surface area contributed by atoms with E-state index in [1.807, 2.05) is 13.8 Å². The van der Waals surface area contributed by atoms with Gasteiger partial charge in [-0.25, -0.2) is 0 Å². The van der Waals surface area contributed by atoms with Gasteiger partial charge in [0.1, 0.15) is 0 Å². The molecule has 2 nitrogen and oxygen atoms in total. The molecule has 2 aromatic rings. The van der Waals surface area contributed by atoms with Crippen molar-refractivity contribution in [3.05, 3.63) is 70.8 Å². The van der Waals surface area contributed by atoms with Crippen LogP contribution in [-0.2, 0) is 0 Å². The molecule has 4 N–H and O–H groups in total. The second kappa shape index (κ2) is 7.83. The largest absolute Gasteiger partial charge is 0.324 e. The number of hydrogen-bond acceptors (Lipinski definition) is 2. The fourth-order valence-electron chi connectivity index (χ4n) is 1.74. The molecule has 0 heterocycles. The third kappa shape index (κ3) is 5.55. The number of aryl methyl sites for hydroxylation is 2. The highest BCUT2D eigenvalue weighted by molar-refractivity contribution is 5.23. The number of nitrogens with two attached hydrogens (primary N) is 2. The summed E-state index contributed by atoms with van der Waals surface area (Å²) >= 11 is 0. The summed E-state index contributed by atoms with van der Waals surface area (Å²) in [6.45, 7) is 8.13. The molecule has 2 atom stereocenters. The monoisotopic (exact) mass is 270 g/mol. The van der Waals surface area contributed by atoms with E-state index >= 15 is 0 Å². The first-order chi connectivity index (χ1) is 9.40. The first kappa shape index (κ1) is 16.4. The smallest absolute Gasteiger partial charge is 0.0266 e. The standard InChI is InChI=1S/2C9H13N/c2*1-7-3-5-9(6-4-7)8(2)10/h2*3-6,8H,10H2,1-2H3/t2*8-/m10/s1. The molecule has 0 aromatic heterocycles. The van der Waals surface area contributed by atoms with Crippen LogP contribution in [0.15, 0.2) is 48.5 Å². The number of benzene rings is 2. The van der Waals surface area contributed by atoms with Crippen LogP contribution in [0.1, 0.15) is 48.2 Å². The fraction of sp³-hybridized carbons (Fsp3) is 0.333. The topological polar surface area (TPSA) is 52.0 Å². The average Bonchev–Trinajstić information content (AvgIpc) is 2.40. The minimum Gasteiger partial charge on any atom is -0.324 e. The Balaban J connectivity index is 0.000000200. The van der Waals surface area contributed by atoms with E-state index in [1.54, 1.807) is 0 Å². The Morgan fingerprint density at radius 2 is 0.850 bits per heavy atom. The summed E-state index contributed by atoms with van der Waals surface area (Å²) in [7, 11) is 0. The summed E-state index contributed by atoms with van der Waals surface area (Å²) in [6, 6.07) is 16.9. The van der Waals surface area contributed by atoms with Gasteiger partial charge < -0.3 is 11.5 Å². The predicted molar refractivity (Wildman–Crippen MR) is 87.6 cm³/mol. The molecule has 2 heteroatoms. The van der Waals surface area contributed by atoms with Gasteiger partial charge in [0.25, 0.3) is 0 Å². The van der Waals surface area contributed by atoms with Crippen LogP contribution in [0.25, 0.3) is 0 Å². The van der Waals surface area contributed by atoms with Crippen LogP contribution in [-0.4, -0.2) is 0 Å². The molecule has 108 valence electrons. The van der Waals surface area contributed by atoms with E-state index < -0.39 is 0 Å². The molecule has 0 saturated carbocycles. The van der Waals surface area contributed by atoms with Crippen molar-refractivity contribution in [2.75, 3.05) is 0 Å². The molecule has 0 radical (unpaired) electrons. The lowest BCUT2D eigenvalue weighted by Crippen LogP contribution is -2.04. The van der Waals surface area contributed by atoms with Crippen LogP contribution in [0.2, 0.25) is 0 Å². The van der Waals surface area contributed by atoms with E-state index in [0.717, 1.165) is 0 Å². The van der Waals surface area contributed by atoms with Crippen molar-refractivity contribution in [2.24, 2.45) is 11.5 Å². The van der Waals surface area contributed by atoms with Crippen LogP contribution in [0, 0.1) is 13.8 Å². The third-order valence-electron chi connectivity index (χ3n) is 3.21. The maximum absolute atomic E-state index is 5.66. The van der Waals surface area contributed by atoms with Crippen molar-refractivity contribution in [3.63, 3.8) is 0 Å². The lowest BCUT2D eigenvalue weighted by molar-refractivity contribution is 0.817. The van der Waals surface area contributed by atoms with Crippen LogP contribution in [0.4, 0.5) is 0 Å². The molecule has 20 heavy (non-hydrogen) atoms. The van der Waals surface area contributed by atoms with Gasteiger partial charge in [0, 0.05) is 12.1 Å². The van der Waals surface area contributed by atoms with E-state index in [2.05, 4.69) is 62.4 Å². The van der Waals surface area contributed by atoms with Gasteiger partial charge in [-0.3, -0.25) is 0 Å². The molecule has 0 bridgehead atoms. The average molecular weight is 270 g/mol. The Labute approximate surface area is 122 Å². The van der Waals surface area contributed by atoms with E-state index in [-0.39, 0.29) is 12.1 Å². The lowest BCUT2D eigenvalue weighted by atomic mass is 10.1. The molecule has 0 aliphatic rings. The third-order valence-corrected chi connectivity index (χ3v) is 3.21. The first-order valence-corrected chi connectivity index (χ1v) is 7.04. The highest BCUT2D eigenvalue weighted by Gasteiger charge is 1.96. The molecule has 2 aromatic carbocycles. The van der Waals surface area contributed by atoms with Gasteiger partial charge in [0.05, 0.1) is 0 Å². The van der Waals surface area contributed by atoms with E-state index in [1.165, 1.54) is 22.3 Å². The van der Waals surface area contributed by atoms with E-state index in [0.29, 0.717) is 0 Å². The summed E-state index contributed by atoms with van der Waals surface area (Å²) in [6.07, 6.45) is 0. The molecular weight excluding hydrogens is 244 g/mol. The summed E-state index contributed by atoms with van der Waals surface area (Å²) in [5.41, 5.74) is 16.3. The van der Waals surface area contributed by atoms with Crippen LogP contribution in [0.3, 0.4) is 0 Å². The number of rotatable bonds is 2. The van der Waals surface area contributed by atoms with E-state index in [9.17, 15) is 0 Å².